The molecule has 0 fully saturated rings. The molecule has 0 atom stereocenters. The van der Waals surface area contributed by atoms with Crippen molar-refractivity contribution in [3.63, 3.8) is 0 Å². The molecule has 0 unspecified atom stereocenters. The Morgan fingerprint density at radius 1 is 1.06 bits per heavy atom. The van der Waals surface area contributed by atoms with Crippen LogP contribution < -0.4 is 5.73 Å². The van der Waals surface area contributed by atoms with E-state index in [1.165, 1.54) is 0 Å². The summed E-state index contributed by atoms with van der Waals surface area (Å²) in [6, 6.07) is 5.91. The van der Waals surface area contributed by atoms with Gasteiger partial charge in [-0.05, 0) is 36.1 Å². The lowest BCUT2D eigenvalue weighted by molar-refractivity contribution is 1.25. The minimum absolute atomic E-state index is 0.499. The number of hydrogen-bond acceptors (Lipinski definition) is 4. The maximum absolute atomic E-state index is 5.97. The summed E-state index contributed by atoms with van der Waals surface area (Å²) in [5, 5.41) is 1.92. The van der Waals surface area contributed by atoms with Crippen molar-refractivity contribution in [1.29, 1.82) is 0 Å². The van der Waals surface area contributed by atoms with Gasteiger partial charge in [-0.15, -0.1) is 0 Å². The summed E-state index contributed by atoms with van der Waals surface area (Å²) in [7, 11) is 0. The van der Waals surface area contributed by atoms with Gasteiger partial charge >= 0.3 is 0 Å². The second-order valence-corrected chi connectivity index (χ2v) is 4.18. The first-order valence-electron chi connectivity index (χ1n) is 5.67. The maximum Gasteiger partial charge on any atom is 0.133 e. The van der Waals surface area contributed by atoms with Gasteiger partial charge in [-0.3, -0.25) is 9.97 Å². The highest BCUT2D eigenvalue weighted by Crippen LogP contribution is 2.26. The van der Waals surface area contributed by atoms with Crippen LogP contribution in [-0.4, -0.2) is 15.0 Å². The Morgan fingerprint density at radius 3 is 2.67 bits per heavy atom. The number of rotatable bonds is 1. The zero-order chi connectivity index (χ0) is 12.5. The van der Waals surface area contributed by atoms with Crippen molar-refractivity contribution in [1.82, 2.24) is 15.0 Å². The first-order valence-corrected chi connectivity index (χ1v) is 5.67. The van der Waals surface area contributed by atoms with Gasteiger partial charge in [0.25, 0.3) is 0 Å². The molecule has 0 bridgehead atoms. The summed E-state index contributed by atoms with van der Waals surface area (Å²) < 4.78 is 0. The van der Waals surface area contributed by atoms with Crippen LogP contribution in [-0.2, 0) is 0 Å². The van der Waals surface area contributed by atoms with E-state index in [9.17, 15) is 0 Å². The summed E-state index contributed by atoms with van der Waals surface area (Å²) in [6.45, 7) is 2.03. The van der Waals surface area contributed by atoms with Crippen LogP contribution >= 0.6 is 0 Å². The first-order chi connectivity index (χ1) is 8.75. The molecule has 4 nitrogen and oxygen atoms in total. The molecule has 88 valence electrons. The minimum Gasteiger partial charge on any atom is -0.383 e. The van der Waals surface area contributed by atoms with Gasteiger partial charge in [-0.1, -0.05) is 0 Å². The number of pyridine rings is 3. The number of anilines is 1. The highest BCUT2D eigenvalue weighted by atomic mass is 14.9. The quantitative estimate of drug-likeness (QED) is 0.705. The molecule has 0 aliphatic rings. The molecular formula is C14H12N4. The second kappa shape index (κ2) is 4.07. The highest BCUT2D eigenvalue weighted by molar-refractivity contribution is 5.93. The Bertz CT molecular complexity index is 722. The summed E-state index contributed by atoms with van der Waals surface area (Å²) in [5.41, 5.74) is 8.95. The maximum atomic E-state index is 5.97. The summed E-state index contributed by atoms with van der Waals surface area (Å²) in [6.07, 6.45) is 7.07. The minimum atomic E-state index is 0.499. The monoisotopic (exact) mass is 236 g/mol. The van der Waals surface area contributed by atoms with Gasteiger partial charge in [0.1, 0.15) is 5.82 Å². The molecule has 0 aromatic carbocycles. The topological polar surface area (TPSA) is 64.7 Å². The molecule has 0 aliphatic carbocycles. The zero-order valence-corrected chi connectivity index (χ0v) is 9.96. The van der Waals surface area contributed by atoms with Crippen LogP contribution in [0.15, 0.2) is 43.0 Å². The molecule has 0 amide bonds. The highest BCUT2D eigenvalue weighted by Gasteiger charge is 2.07. The van der Waals surface area contributed by atoms with Crippen molar-refractivity contribution in [2.45, 2.75) is 6.92 Å². The third-order valence-electron chi connectivity index (χ3n) is 2.98. The van der Waals surface area contributed by atoms with Crippen molar-refractivity contribution >= 4 is 16.6 Å². The largest absolute Gasteiger partial charge is 0.383 e. The predicted octanol–water partition coefficient (Wildman–Crippen LogP) is 2.58. The van der Waals surface area contributed by atoms with E-state index < -0.39 is 0 Å². The molecule has 0 saturated carbocycles. The lowest BCUT2D eigenvalue weighted by Crippen LogP contribution is -1.96. The molecule has 0 spiro atoms. The first kappa shape index (κ1) is 10.7. The molecule has 3 heterocycles. The third kappa shape index (κ3) is 1.68. The van der Waals surface area contributed by atoms with Gasteiger partial charge in [0, 0.05) is 35.7 Å². The third-order valence-corrected chi connectivity index (χ3v) is 2.98. The van der Waals surface area contributed by atoms with Crippen LogP contribution in [0.25, 0.3) is 22.0 Å². The van der Waals surface area contributed by atoms with E-state index in [-0.39, 0.29) is 0 Å². The molecule has 3 rings (SSSR count). The van der Waals surface area contributed by atoms with Crippen LogP contribution in [0.2, 0.25) is 0 Å². The van der Waals surface area contributed by atoms with E-state index in [2.05, 4.69) is 15.0 Å². The van der Waals surface area contributed by atoms with Crippen LogP contribution in [0.1, 0.15) is 5.56 Å². The van der Waals surface area contributed by atoms with Gasteiger partial charge in [0.2, 0.25) is 0 Å². The lowest BCUT2D eigenvalue weighted by Gasteiger charge is -2.07. The SMILES string of the molecule is Cc1ccncc1-c1cc2ccncc2c(N)n1. The van der Waals surface area contributed by atoms with Gasteiger partial charge < -0.3 is 5.73 Å². The lowest BCUT2D eigenvalue weighted by atomic mass is 10.1. The van der Waals surface area contributed by atoms with Gasteiger partial charge in [0.05, 0.1) is 5.69 Å². The second-order valence-electron chi connectivity index (χ2n) is 4.18. The zero-order valence-electron chi connectivity index (χ0n) is 9.96. The van der Waals surface area contributed by atoms with Crippen molar-refractivity contribution < 1.29 is 0 Å². The van der Waals surface area contributed by atoms with Crippen molar-refractivity contribution in [2.75, 3.05) is 5.73 Å². The smallest absolute Gasteiger partial charge is 0.133 e. The van der Waals surface area contributed by atoms with E-state index >= 15 is 0 Å². The average Bonchev–Trinajstić information content (AvgIpc) is 2.39. The number of fused-ring (bicyclic) bond motifs is 1. The summed E-state index contributed by atoms with van der Waals surface area (Å²) >= 11 is 0. The molecule has 0 radical (unpaired) electrons. The summed E-state index contributed by atoms with van der Waals surface area (Å²) in [4.78, 5) is 12.6. The molecule has 0 aliphatic heterocycles. The molecule has 0 saturated heterocycles. The fourth-order valence-corrected chi connectivity index (χ4v) is 1.98. The van der Waals surface area contributed by atoms with E-state index in [1.807, 2.05) is 31.3 Å². The normalized spacial score (nSPS) is 10.7. The van der Waals surface area contributed by atoms with Gasteiger partial charge in [-0.25, -0.2) is 4.98 Å². The molecule has 18 heavy (non-hydrogen) atoms. The fourth-order valence-electron chi connectivity index (χ4n) is 1.98. The van der Waals surface area contributed by atoms with Crippen LogP contribution in [0.5, 0.6) is 0 Å². The fraction of sp³-hybridized carbons (Fsp3) is 0.0714. The molecule has 2 N–H and O–H groups in total. The molecule has 3 aromatic heterocycles. The Hall–Kier alpha value is -2.49. The van der Waals surface area contributed by atoms with Crippen molar-refractivity contribution in [2.24, 2.45) is 0 Å². The Morgan fingerprint density at radius 2 is 1.83 bits per heavy atom. The number of nitrogen functional groups attached to an aromatic ring is 1. The number of nitrogens with zero attached hydrogens (tertiary/aromatic N) is 3. The van der Waals surface area contributed by atoms with Crippen LogP contribution in [0.3, 0.4) is 0 Å². The van der Waals surface area contributed by atoms with Crippen molar-refractivity contribution in [3.8, 4) is 11.3 Å². The van der Waals surface area contributed by atoms with Gasteiger partial charge in [-0.2, -0.15) is 0 Å². The number of hydrogen-bond donors (Lipinski definition) is 1. The van der Waals surface area contributed by atoms with E-state index in [4.69, 9.17) is 5.73 Å². The number of nitrogens with two attached hydrogens (primary N) is 1. The number of aryl methyl sites for hydroxylation is 1. The standard InChI is InChI=1S/C14H12N4/c1-9-2-4-16-7-11(9)13-6-10-3-5-17-8-12(10)14(15)18-13/h2-8H,1H3,(H2,15,18). The Balaban J connectivity index is 2.28. The van der Waals surface area contributed by atoms with E-state index in [0.29, 0.717) is 5.82 Å². The van der Waals surface area contributed by atoms with Gasteiger partial charge in [0.15, 0.2) is 0 Å². The Labute approximate surface area is 105 Å². The van der Waals surface area contributed by atoms with Crippen molar-refractivity contribution in [3.05, 3.63) is 48.5 Å². The average molecular weight is 236 g/mol. The molecular weight excluding hydrogens is 224 g/mol. The number of aromatic nitrogens is 3. The van der Waals surface area contributed by atoms with E-state index in [0.717, 1.165) is 27.6 Å². The van der Waals surface area contributed by atoms with Crippen LogP contribution in [0, 0.1) is 6.92 Å². The molecule has 4 heteroatoms. The van der Waals surface area contributed by atoms with E-state index in [1.54, 1.807) is 18.6 Å². The predicted molar refractivity (Wildman–Crippen MR) is 71.9 cm³/mol. The van der Waals surface area contributed by atoms with Crippen LogP contribution in [0.4, 0.5) is 5.82 Å². The molecule has 3 aromatic rings. The summed E-state index contributed by atoms with van der Waals surface area (Å²) in [5.74, 6) is 0.499. The Kier molecular flexibility index (Phi) is 2.41.